The topological polar surface area (TPSA) is 0 Å². The third kappa shape index (κ3) is 1.73. The van der Waals surface area contributed by atoms with Gasteiger partial charge in [0.1, 0.15) is 0 Å². The van der Waals surface area contributed by atoms with Crippen molar-refractivity contribution >= 4 is 11.6 Å². The second kappa shape index (κ2) is 3.02. The highest BCUT2D eigenvalue weighted by Gasteiger charge is 2.39. The van der Waals surface area contributed by atoms with Gasteiger partial charge in [0.15, 0.2) is 0 Å². The van der Waals surface area contributed by atoms with Gasteiger partial charge in [-0.1, -0.05) is 31.5 Å². The average molecular weight is 195 g/mol. The first-order valence-electron chi connectivity index (χ1n) is 4.94. The van der Waals surface area contributed by atoms with Gasteiger partial charge in [-0.3, -0.25) is 0 Å². The van der Waals surface area contributed by atoms with Crippen LogP contribution in [0.25, 0.3) is 0 Å². The molecule has 0 spiro atoms. The second-order valence-electron chi connectivity index (χ2n) is 4.26. The number of rotatable bonds is 2. The Hall–Kier alpha value is -0.490. The van der Waals surface area contributed by atoms with E-state index in [0.717, 1.165) is 11.4 Å². The van der Waals surface area contributed by atoms with Crippen LogP contribution in [-0.2, 0) is 11.8 Å². The summed E-state index contributed by atoms with van der Waals surface area (Å²) in [5.41, 5.74) is 3.22. The van der Waals surface area contributed by atoms with Gasteiger partial charge in [0, 0.05) is 5.02 Å². The van der Waals surface area contributed by atoms with Gasteiger partial charge in [0.2, 0.25) is 0 Å². The lowest BCUT2D eigenvalue weighted by Crippen LogP contribution is -2.00. The molecule has 1 aliphatic carbocycles. The summed E-state index contributed by atoms with van der Waals surface area (Å²) >= 11 is 6.06. The SMILES string of the molecule is CCc1cc(Cl)cc(C2(C)CC2)c1. The van der Waals surface area contributed by atoms with Crippen molar-refractivity contribution in [2.24, 2.45) is 0 Å². The molecule has 0 atom stereocenters. The van der Waals surface area contributed by atoms with Crippen molar-refractivity contribution in [2.45, 2.75) is 38.5 Å². The maximum atomic E-state index is 6.06. The number of benzene rings is 1. The maximum absolute atomic E-state index is 6.06. The minimum absolute atomic E-state index is 0.439. The first-order chi connectivity index (χ1) is 6.14. The molecule has 0 aromatic heterocycles. The standard InChI is InChI=1S/C12H15Cl/c1-3-9-6-10(8-11(13)7-9)12(2)4-5-12/h6-8H,3-5H2,1-2H3. The zero-order valence-corrected chi connectivity index (χ0v) is 8.99. The molecule has 0 aliphatic heterocycles. The highest BCUT2D eigenvalue weighted by atomic mass is 35.5. The first kappa shape index (κ1) is 9.08. The van der Waals surface area contributed by atoms with Crippen molar-refractivity contribution < 1.29 is 0 Å². The van der Waals surface area contributed by atoms with Crippen LogP contribution in [-0.4, -0.2) is 0 Å². The van der Waals surface area contributed by atoms with Crippen molar-refractivity contribution in [1.29, 1.82) is 0 Å². The van der Waals surface area contributed by atoms with E-state index in [1.54, 1.807) is 0 Å². The van der Waals surface area contributed by atoms with Crippen molar-refractivity contribution in [3.8, 4) is 0 Å². The molecule has 0 heterocycles. The van der Waals surface area contributed by atoms with Crippen LogP contribution < -0.4 is 0 Å². The zero-order chi connectivity index (χ0) is 9.47. The molecule has 1 aromatic carbocycles. The van der Waals surface area contributed by atoms with E-state index in [2.05, 4.69) is 32.0 Å². The Labute approximate surface area is 84.9 Å². The lowest BCUT2D eigenvalue weighted by atomic mass is 9.96. The lowest BCUT2D eigenvalue weighted by Gasteiger charge is -2.10. The predicted octanol–water partition coefficient (Wildman–Crippen LogP) is 3.95. The van der Waals surface area contributed by atoms with Crippen LogP contribution in [0, 0.1) is 0 Å². The summed E-state index contributed by atoms with van der Waals surface area (Å²) in [5.74, 6) is 0. The molecular weight excluding hydrogens is 180 g/mol. The minimum atomic E-state index is 0.439. The summed E-state index contributed by atoms with van der Waals surface area (Å²) < 4.78 is 0. The van der Waals surface area contributed by atoms with Crippen LogP contribution in [0.4, 0.5) is 0 Å². The lowest BCUT2D eigenvalue weighted by molar-refractivity contribution is 0.785. The molecule has 0 N–H and O–H groups in total. The van der Waals surface area contributed by atoms with E-state index in [-0.39, 0.29) is 0 Å². The molecule has 0 saturated heterocycles. The van der Waals surface area contributed by atoms with E-state index < -0.39 is 0 Å². The van der Waals surface area contributed by atoms with E-state index >= 15 is 0 Å². The summed E-state index contributed by atoms with van der Waals surface area (Å²) in [5, 5.41) is 0.891. The summed E-state index contributed by atoms with van der Waals surface area (Å²) in [6.45, 7) is 4.49. The van der Waals surface area contributed by atoms with Gasteiger partial charge in [-0.2, -0.15) is 0 Å². The Morgan fingerprint density at radius 1 is 1.31 bits per heavy atom. The molecule has 0 amide bonds. The Kier molecular flexibility index (Phi) is 2.11. The summed E-state index contributed by atoms with van der Waals surface area (Å²) in [6.07, 6.45) is 3.70. The van der Waals surface area contributed by atoms with E-state index in [4.69, 9.17) is 11.6 Å². The number of aryl methyl sites for hydroxylation is 1. The van der Waals surface area contributed by atoms with Gasteiger partial charge in [-0.05, 0) is 47.9 Å². The fraction of sp³-hybridized carbons (Fsp3) is 0.500. The smallest absolute Gasteiger partial charge is 0.0411 e. The molecule has 70 valence electrons. The van der Waals surface area contributed by atoms with Gasteiger partial charge in [0.05, 0.1) is 0 Å². The molecule has 13 heavy (non-hydrogen) atoms. The normalized spacial score (nSPS) is 18.7. The molecule has 1 aliphatic rings. The second-order valence-corrected chi connectivity index (χ2v) is 4.70. The quantitative estimate of drug-likeness (QED) is 0.669. The maximum Gasteiger partial charge on any atom is 0.0411 e. The predicted molar refractivity (Wildman–Crippen MR) is 57.4 cm³/mol. The van der Waals surface area contributed by atoms with Crippen LogP contribution in [0.1, 0.15) is 37.8 Å². The molecule has 1 fully saturated rings. The fourth-order valence-electron chi connectivity index (χ4n) is 1.68. The fourth-order valence-corrected chi connectivity index (χ4v) is 1.94. The van der Waals surface area contributed by atoms with E-state index in [1.165, 1.54) is 24.0 Å². The van der Waals surface area contributed by atoms with Gasteiger partial charge in [-0.15, -0.1) is 0 Å². The average Bonchev–Trinajstić information content (AvgIpc) is 2.84. The summed E-state index contributed by atoms with van der Waals surface area (Å²) in [4.78, 5) is 0. The Morgan fingerprint density at radius 3 is 2.54 bits per heavy atom. The van der Waals surface area contributed by atoms with Crippen molar-refractivity contribution in [1.82, 2.24) is 0 Å². The van der Waals surface area contributed by atoms with E-state index in [9.17, 15) is 0 Å². The van der Waals surface area contributed by atoms with Gasteiger partial charge < -0.3 is 0 Å². The molecule has 1 saturated carbocycles. The molecule has 1 aromatic rings. The van der Waals surface area contributed by atoms with Gasteiger partial charge in [-0.25, -0.2) is 0 Å². The molecule has 0 bridgehead atoms. The van der Waals surface area contributed by atoms with Crippen LogP contribution >= 0.6 is 11.6 Å². The first-order valence-corrected chi connectivity index (χ1v) is 5.32. The van der Waals surface area contributed by atoms with Crippen molar-refractivity contribution in [3.05, 3.63) is 34.3 Å². The molecule has 0 nitrogen and oxygen atoms in total. The minimum Gasteiger partial charge on any atom is -0.0843 e. The third-order valence-corrected chi connectivity index (χ3v) is 3.28. The molecule has 2 rings (SSSR count). The summed E-state index contributed by atoms with van der Waals surface area (Å²) in [6, 6.07) is 6.49. The monoisotopic (exact) mass is 194 g/mol. The van der Waals surface area contributed by atoms with Crippen LogP contribution in [0.15, 0.2) is 18.2 Å². The Bertz CT molecular complexity index is 324. The zero-order valence-electron chi connectivity index (χ0n) is 8.23. The molecule has 0 unspecified atom stereocenters. The Morgan fingerprint density at radius 2 is 2.00 bits per heavy atom. The van der Waals surface area contributed by atoms with Crippen LogP contribution in [0.5, 0.6) is 0 Å². The van der Waals surface area contributed by atoms with Crippen molar-refractivity contribution in [2.75, 3.05) is 0 Å². The molecular formula is C12H15Cl. The highest BCUT2D eigenvalue weighted by Crippen LogP contribution is 2.48. The number of halogens is 1. The molecule has 1 heteroatoms. The van der Waals surface area contributed by atoms with E-state index in [1.807, 2.05) is 0 Å². The molecule has 0 radical (unpaired) electrons. The van der Waals surface area contributed by atoms with Gasteiger partial charge >= 0.3 is 0 Å². The van der Waals surface area contributed by atoms with Crippen LogP contribution in [0.2, 0.25) is 5.02 Å². The summed E-state index contributed by atoms with van der Waals surface area (Å²) in [7, 11) is 0. The Balaban J connectivity index is 2.40. The van der Waals surface area contributed by atoms with Crippen LogP contribution in [0.3, 0.4) is 0 Å². The number of hydrogen-bond donors (Lipinski definition) is 0. The number of hydrogen-bond acceptors (Lipinski definition) is 0. The van der Waals surface area contributed by atoms with E-state index in [0.29, 0.717) is 5.41 Å². The largest absolute Gasteiger partial charge is 0.0843 e. The highest BCUT2D eigenvalue weighted by molar-refractivity contribution is 6.30. The van der Waals surface area contributed by atoms with Crippen molar-refractivity contribution in [3.63, 3.8) is 0 Å². The third-order valence-electron chi connectivity index (χ3n) is 3.06. The van der Waals surface area contributed by atoms with Gasteiger partial charge in [0.25, 0.3) is 0 Å².